The minimum Gasteiger partial charge on any atom is -0.381 e. The highest BCUT2D eigenvalue weighted by Gasteiger charge is 2.28. The van der Waals surface area contributed by atoms with Gasteiger partial charge >= 0.3 is 0 Å². The SMILES string of the molecule is C=CC(=O)N1C[C@H](Nc2ccnc3[nH]cc(C4CCOCC4)c23)CC[C@@H]1C. The van der Waals surface area contributed by atoms with E-state index >= 15 is 0 Å². The van der Waals surface area contributed by atoms with Crippen molar-refractivity contribution in [1.29, 1.82) is 0 Å². The molecule has 2 saturated heterocycles. The maximum absolute atomic E-state index is 12.2. The minimum absolute atomic E-state index is 0.0124. The van der Waals surface area contributed by atoms with Crippen molar-refractivity contribution in [1.82, 2.24) is 14.9 Å². The van der Waals surface area contributed by atoms with E-state index in [0.29, 0.717) is 12.5 Å². The van der Waals surface area contributed by atoms with Crippen molar-refractivity contribution in [2.45, 2.75) is 50.6 Å². The van der Waals surface area contributed by atoms with Gasteiger partial charge in [-0.1, -0.05) is 6.58 Å². The summed E-state index contributed by atoms with van der Waals surface area (Å²) in [4.78, 5) is 21.9. The number of piperidine rings is 1. The van der Waals surface area contributed by atoms with Crippen molar-refractivity contribution in [3.05, 3.63) is 36.7 Å². The van der Waals surface area contributed by atoms with E-state index in [1.54, 1.807) is 0 Å². The summed E-state index contributed by atoms with van der Waals surface area (Å²) in [6.07, 6.45) is 9.49. The molecule has 2 atom stereocenters. The van der Waals surface area contributed by atoms with Gasteiger partial charge in [0.1, 0.15) is 5.65 Å². The standard InChI is InChI=1S/C21H28N4O2/c1-3-19(26)25-13-16(5-4-14(25)2)24-18-6-9-22-21-20(18)17(12-23-21)15-7-10-27-11-8-15/h3,6,9,12,14-16H,1,4-5,7-8,10-11,13H2,2H3,(H2,22,23,24)/t14-,16+/m0/s1. The predicted molar refractivity (Wildman–Crippen MR) is 107 cm³/mol. The average molecular weight is 368 g/mol. The Labute approximate surface area is 160 Å². The molecular weight excluding hydrogens is 340 g/mol. The fraction of sp³-hybridized carbons (Fsp3) is 0.524. The van der Waals surface area contributed by atoms with E-state index in [-0.39, 0.29) is 18.0 Å². The van der Waals surface area contributed by atoms with Crippen LogP contribution in [0.2, 0.25) is 0 Å². The Morgan fingerprint density at radius 2 is 2.19 bits per heavy atom. The monoisotopic (exact) mass is 368 g/mol. The Bertz CT molecular complexity index is 825. The normalized spacial score (nSPS) is 24.1. The molecular formula is C21H28N4O2. The zero-order valence-corrected chi connectivity index (χ0v) is 15.9. The number of likely N-dealkylation sites (tertiary alicyclic amines) is 1. The van der Waals surface area contributed by atoms with Crippen LogP contribution in [0.3, 0.4) is 0 Å². The fourth-order valence-corrected chi connectivity index (χ4v) is 4.40. The molecule has 0 bridgehead atoms. The maximum Gasteiger partial charge on any atom is 0.246 e. The lowest BCUT2D eigenvalue weighted by Gasteiger charge is -2.38. The highest BCUT2D eigenvalue weighted by molar-refractivity contribution is 5.93. The van der Waals surface area contributed by atoms with E-state index in [2.05, 4.69) is 41.1 Å². The molecule has 0 radical (unpaired) electrons. The van der Waals surface area contributed by atoms with E-state index in [0.717, 1.165) is 50.2 Å². The number of aromatic nitrogens is 2. The predicted octanol–water partition coefficient (Wildman–Crippen LogP) is 3.43. The van der Waals surface area contributed by atoms with E-state index in [1.165, 1.54) is 17.0 Å². The number of nitrogens with zero attached hydrogens (tertiary/aromatic N) is 2. The van der Waals surface area contributed by atoms with Crippen LogP contribution in [-0.2, 0) is 9.53 Å². The lowest BCUT2D eigenvalue weighted by Crippen LogP contribution is -2.49. The third-order valence-corrected chi connectivity index (χ3v) is 5.96. The van der Waals surface area contributed by atoms with Crippen LogP contribution in [0.15, 0.2) is 31.1 Å². The molecule has 6 heteroatoms. The lowest BCUT2D eigenvalue weighted by atomic mass is 9.91. The Hall–Kier alpha value is -2.34. The van der Waals surface area contributed by atoms with Gasteiger partial charge in [-0.25, -0.2) is 4.98 Å². The number of hydrogen-bond acceptors (Lipinski definition) is 4. The van der Waals surface area contributed by atoms with Crippen LogP contribution < -0.4 is 5.32 Å². The molecule has 6 nitrogen and oxygen atoms in total. The molecule has 2 aliphatic rings. The summed E-state index contributed by atoms with van der Waals surface area (Å²) in [6.45, 7) is 8.09. The number of carbonyl (C=O) groups excluding carboxylic acids is 1. The number of ether oxygens (including phenoxy) is 1. The van der Waals surface area contributed by atoms with Crippen molar-refractivity contribution in [2.75, 3.05) is 25.1 Å². The first-order valence-corrected chi connectivity index (χ1v) is 9.90. The van der Waals surface area contributed by atoms with Crippen LogP contribution >= 0.6 is 0 Å². The number of pyridine rings is 1. The Kier molecular flexibility index (Phi) is 5.16. The zero-order valence-electron chi connectivity index (χ0n) is 15.9. The van der Waals surface area contributed by atoms with Gasteiger partial charge in [-0.05, 0) is 56.2 Å². The highest BCUT2D eigenvalue weighted by Crippen LogP contribution is 2.36. The van der Waals surface area contributed by atoms with E-state index in [4.69, 9.17) is 4.74 Å². The molecule has 1 amide bonds. The number of anilines is 1. The average Bonchev–Trinajstić information content (AvgIpc) is 3.15. The van der Waals surface area contributed by atoms with Crippen molar-refractivity contribution >= 4 is 22.6 Å². The molecule has 144 valence electrons. The number of rotatable bonds is 4. The van der Waals surface area contributed by atoms with Crippen LogP contribution in [0, 0.1) is 0 Å². The largest absolute Gasteiger partial charge is 0.381 e. The summed E-state index contributed by atoms with van der Waals surface area (Å²) in [5.74, 6) is 0.515. The van der Waals surface area contributed by atoms with Crippen LogP contribution in [0.1, 0.15) is 44.1 Å². The minimum atomic E-state index is 0.0124. The van der Waals surface area contributed by atoms with Crippen molar-refractivity contribution in [2.24, 2.45) is 0 Å². The maximum atomic E-state index is 12.2. The second kappa shape index (κ2) is 7.72. The van der Waals surface area contributed by atoms with Gasteiger partial charge in [0.2, 0.25) is 5.91 Å². The van der Waals surface area contributed by atoms with E-state index in [9.17, 15) is 4.79 Å². The molecule has 4 rings (SSSR count). The molecule has 2 aromatic heterocycles. The van der Waals surface area contributed by atoms with Crippen molar-refractivity contribution < 1.29 is 9.53 Å². The third-order valence-electron chi connectivity index (χ3n) is 5.96. The molecule has 2 aliphatic heterocycles. The molecule has 2 fully saturated rings. The van der Waals surface area contributed by atoms with Crippen molar-refractivity contribution in [3.8, 4) is 0 Å². The first-order chi connectivity index (χ1) is 13.2. The van der Waals surface area contributed by atoms with Gasteiger partial charge in [0.25, 0.3) is 0 Å². The smallest absolute Gasteiger partial charge is 0.246 e. The van der Waals surface area contributed by atoms with Gasteiger partial charge in [-0.15, -0.1) is 0 Å². The number of amides is 1. The fourth-order valence-electron chi connectivity index (χ4n) is 4.40. The first kappa shape index (κ1) is 18.0. The molecule has 2 N–H and O–H groups in total. The molecule has 0 saturated carbocycles. The van der Waals surface area contributed by atoms with Crippen LogP contribution in [0.25, 0.3) is 11.0 Å². The van der Waals surface area contributed by atoms with Crippen molar-refractivity contribution in [3.63, 3.8) is 0 Å². The number of aromatic amines is 1. The number of fused-ring (bicyclic) bond motifs is 1. The second-order valence-corrected chi connectivity index (χ2v) is 7.68. The second-order valence-electron chi connectivity index (χ2n) is 7.68. The van der Waals surface area contributed by atoms with Gasteiger partial charge in [0, 0.05) is 55.3 Å². The summed E-state index contributed by atoms with van der Waals surface area (Å²) in [6, 6.07) is 2.54. The molecule has 0 aromatic carbocycles. The quantitative estimate of drug-likeness (QED) is 0.811. The summed E-state index contributed by atoms with van der Waals surface area (Å²) < 4.78 is 5.53. The Morgan fingerprint density at radius 3 is 2.96 bits per heavy atom. The van der Waals surface area contributed by atoms with Gasteiger partial charge in [0.05, 0.1) is 0 Å². The van der Waals surface area contributed by atoms with Gasteiger partial charge < -0.3 is 19.9 Å². The number of carbonyl (C=O) groups is 1. The highest BCUT2D eigenvalue weighted by atomic mass is 16.5. The van der Waals surface area contributed by atoms with E-state index < -0.39 is 0 Å². The zero-order chi connectivity index (χ0) is 18.8. The molecule has 0 spiro atoms. The summed E-state index contributed by atoms with van der Waals surface area (Å²) >= 11 is 0. The van der Waals surface area contributed by atoms with E-state index in [1.807, 2.05) is 11.1 Å². The number of H-pyrrole nitrogens is 1. The third kappa shape index (κ3) is 3.58. The lowest BCUT2D eigenvalue weighted by molar-refractivity contribution is -0.129. The molecule has 2 aromatic rings. The molecule has 0 aliphatic carbocycles. The molecule has 4 heterocycles. The first-order valence-electron chi connectivity index (χ1n) is 9.90. The van der Waals surface area contributed by atoms with Gasteiger partial charge in [-0.3, -0.25) is 4.79 Å². The van der Waals surface area contributed by atoms with Crippen LogP contribution in [-0.4, -0.2) is 52.6 Å². The Balaban J connectivity index is 1.59. The van der Waals surface area contributed by atoms with Crippen LogP contribution in [0.4, 0.5) is 5.69 Å². The molecule has 0 unspecified atom stereocenters. The molecule has 27 heavy (non-hydrogen) atoms. The summed E-state index contributed by atoms with van der Waals surface area (Å²) in [5, 5.41) is 4.88. The summed E-state index contributed by atoms with van der Waals surface area (Å²) in [5.41, 5.74) is 3.35. The number of hydrogen-bond donors (Lipinski definition) is 2. The van der Waals surface area contributed by atoms with Gasteiger partial charge in [-0.2, -0.15) is 0 Å². The topological polar surface area (TPSA) is 70.2 Å². The van der Waals surface area contributed by atoms with Crippen LogP contribution in [0.5, 0.6) is 0 Å². The number of nitrogens with one attached hydrogen (secondary N) is 2. The summed E-state index contributed by atoms with van der Waals surface area (Å²) in [7, 11) is 0. The van der Waals surface area contributed by atoms with Gasteiger partial charge in [0.15, 0.2) is 0 Å². The Morgan fingerprint density at radius 1 is 1.37 bits per heavy atom.